The highest BCUT2D eigenvalue weighted by Gasteiger charge is 2.32. The molecule has 0 aliphatic rings. The summed E-state index contributed by atoms with van der Waals surface area (Å²) >= 11 is 0. The number of pyridine rings is 1. The van der Waals surface area contributed by atoms with Crippen molar-refractivity contribution in [3.05, 3.63) is 29.6 Å². The molecule has 0 bridgehead atoms. The minimum atomic E-state index is -4.56. The maximum Gasteiger partial charge on any atom is 0.417 e. The zero-order valence-electron chi connectivity index (χ0n) is 8.02. The Morgan fingerprint density at radius 2 is 1.88 bits per heavy atom. The fourth-order valence-corrected chi connectivity index (χ4v) is 1.10. The van der Waals surface area contributed by atoms with Gasteiger partial charge in [0.25, 0.3) is 0 Å². The molecule has 1 heterocycles. The van der Waals surface area contributed by atoms with Gasteiger partial charge in [0.15, 0.2) is 0 Å². The lowest BCUT2D eigenvalue weighted by atomic mass is 10.1. The highest BCUT2D eigenvalue weighted by Crippen LogP contribution is 2.30. The molecule has 1 aromatic heterocycles. The molecule has 90 valence electrons. The third-order valence-electron chi connectivity index (χ3n) is 1.98. The van der Waals surface area contributed by atoms with E-state index in [4.69, 9.17) is 10.2 Å². The van der Waals surface area contributed by atoms with E-state index in [0.29, 0.717) is 12.3 Å². The lowest BCUT2D eigenvalue weighted by Crippen LogP contribution is -2.22. The monoisotopic (exact) mass is 237 g/mol. The molecule has 1 aromatic rings. The number of aliphatic hydroxyl groups excluding tert-OH is 3. The van der Waals surface area contributed by atoms with E-state index in [2.05, 4.69) is 4.98 Å². The van der Waals surface area contributed by atoms with E-state index >= 15 is 0 Å². The van der Waals surface area contributed by atoms with Crippen molar-refractivity contribution in [3.8, 4) is 0 Å². The smallest absolute Gasteiger partial charge is 0.394 e. The quantitative estimate of drug-likeness (QED) is 0.715. The molecule has 0 saturated heterocycles. The second-order valence-electron chi connectivity index (χ2n) is 3.20. The van der Waals surface area contributed by atoms with Gasteiger partial charge in [-0.25, -0.2) is 0 Å². The summed E-state index contributed by atoms with van der Waals surface area (Å²) in [5.74, 6) is 0. The molecule has 0 aliphatic carbocycles. The van der Waals surface area contributed by atoms with Crippen LogP contribution in [0, 0.1) is 0 Å². The van der Waals surface area contributed by atoms with E-state index in [1.165, 1.54) is 0 Å². The van der Waals surface area contributed by atoms with Crippen molar-refractivity contribution in [1.82, 2.24) is 4.98 Å². The number of rotatable bonds is 3. The van der Waals surface area contributed by atoms with E-state index in [1.807, 2.05) is 0 Å². The van der Waals surface area contributed by atoms with Gasteiger partial charge in [-0.3, -0.25) is 4.98 Å². The molecule has 2 unspecified atom stereocenters. The molecule has 2 atom stereocenters. The van der Waals surface area contributed by atoms with Crippen LogP contribution in [0.25, 0.3) is 0 Å². The zero-order chi connectivity index (χ0) is 12.3. The summed E-state index contributed by atoms with van der Waals surface area (Å²) in [5, 5.41) is 27.0. The molecule has 0 saturated carbocycles. The van der Waals surface area contributed by atoms with Gasteiger partial charge in [0.05, 0.1) is 12.2 Å². The van der Waals surface area contributed by atoms with Crippen LogP contribution in [0.5, 0.6) is 0 Å². The van der Waals surface area contributed by atoms with Crippen molar-refractivity contribution in [2.75, 3.05) is 6.61 Å². The van der Waals surface area contributed by atoms with Crippen LogP contribution in [0.1, 0.15) is 17.2 Å². The number of aromatic nitrogens is 1. The highest BCUT2D eigenvalue weighted by molar-refractivity contribution is 5.23. The summed E-state index contributed by atoms with van der Waals surface area (Å²) in [6, 6.07) is 0.677. The van der Waals surface area contributed by atoms with Gasteiger partial charge in [0.2, 0.25) is 0 Å². The van der Waals surface area contributed by atoms with Gasteiger partial charge >= 0.3 is 6.18 Å². The second-order valence-corrected chi connectivity index (χ2v) is 3.20. The van der Waals surface area contributed by atoms with Gasteiger partial charge < -0.3 is 15.3 Å². The van der Waals surface area contributed by atoms with Crippen LogP contribution in [0.4, 0.5) is 13.2 Å². The molecular formula is C9H10F3NO3. The van der Waals surface area contributed by atoms with E-state index in [-0.39, 0.29) is 5.56 Å². The van der Waals surface area contributed by atoms with Crippen molar-refractivity contribution in [2.24, 2.45) is 0 Å². The Morgan fingerprint density at radius 1 is 1.25 bits per heavy atom. The first-order valence-electron chi connectivity index (χ1n) is 4.35. The minimum Gasteiger partial charge on any atom is -0.394 e. The van der Waals surface area contributed by atoms with Crippen LogP contribution in [-0.2, 0) is 6.18 Å². The van der Waals surface area contributed by atoms with Gasteiger partial charge in [0, 0.05) is 18.0 Å². The average molecular weight is 237 g/mol. The van der Waals surface area contributed by atoms with E-state index < -0.39 is 30.6 Å². The summed E-state index contributed by atoms with van der Waals surface area (Å²) < 4.78 is 36.8. The first-order chi connectivity index (χ1) is 7.36. The van der Waals surface area contributed by atoms with Gasteiger partial charge in [-0.15, -0.1) is 0 Å². The number of alkyl halides is 3. The van der Waals surface area contributed by atoms with Crippen molar-refractivity contribution in [1.29, 1.82) is 0 Å². The molecule has 0 spiro atoms. The van der Waals surface area contributed by atoms with Crippen LogP contribution in [0.2, 0.25) is 0 Å². The Balaban J connectivity index is 2.99. The molecule has 3 N–H and O–H groups in total. The molecule has 4 nitrogen and oxygen atoms in total. The van der Waals surface area contributed by atoms with Crippen LogP contribution in [0.3, 0.4) is 0 Å². The number of hydrogen-bond acceptors (Lipinski definition) is 4. The Bertz CT molecular complexity index is 356. The predicted molar refractivity (Wildman–Crippen MR) is 47.3 cm³/mol. The summed E-state index contributed by atoms with van der Waals surface area (Å²) in [5.41, 5.74) is -1.22. The van der Waals surface area contributed by atoms with Crippen LogP contribution >= 0.6 is 0 Å². The fourth-order valence-electron chi connectivity index (χ4n) is 1.10. The van der Waals surface area contributed by atoms with Crippen molar-refractivity contribution < 1.29 is 28.5 Å². The molecule has 1 rings (SSSR count). The van der Waals surface area contributed by atoms with Crippen molar-refractivity contribution in [3.63, 3.8) is 0 Å². The molecule has 0 amide bonds. The van der Waals surface area contributed by atoms with Gasteiger partial charge in [0.1, 0.15) is 12.2 Å². The SMILES string of the molecule is OCC(O)C(O)c1cncc(C(F)(F)F)c1. The molecule has 0 aromatic carbocycles. The first-order valence-corrected chi connectivity index (χ1v) is 4.35. The number of aliphatic hydroxyl groups is 3. The lowest BCUT2D eigenvalue weighted by molar-refractivity contribution is -0.138. The van der Waals surface area contributed by atoms with E-state index in [1.54, 1.807) is 0 Å². The lowest BCUT2D eigenvalue weighted by Gasteiger charge is -2.16. The van der Waals surface area contributed by atoms with Gasteiger partial charge in [-0.05, 0) is 6.07 Å². The fraction of sp³-hybridized carbons (Fsp3) is 0.444. The molecular weight excluding hydrogens is 227 g/mol. The average Bonchev–Trinajstić information content (AvgIpc) is 2.26. The Hall–Kier alpha value is -1.18. The molecule has 16 heavy (non-hydrogen) atoms. The summed E-state index contributed by atoms with van der Waals surface area (Å²) in [6.45, 7) is -0.753. The van der Waals surface area contributed by atoms with Crippen molar-refractivity contribution in [2.45, 2.75) is 18.4 Å². The Labute approximate surface area is 89.0 Å². The van der Waals surface area contributed by atoms with Crippen LogP contribution in [0.15, 0.2) is 18.5 Å². The second kappa shape index (κ2) is 4.77. The number of nitrogens with zero attached hydrogens (tertiary/aromatic N) is 1. The molecule has 0 fully saturated rings. The van der Waals surface area contributed by atoms with E-state index in [9.17, 15) is 18.3 Å². The predicted octanol–water partition coefficient (Wildman–Crippen LogP) is 0.487. The third kappa shape index (κ3) is 2.91. The first kappa shape index (κ1) is 12.9. The largest absolute Gasteiger partial charge is 0.417 e. The van der Waals surface area contributed by atoms with Gasteiger partial charge in [-0.1, -0.05) is 0 Å². The molecule has 0 aliphatic heterocycles. The van der Waals surface area contributed by atoms with E-state index in [0.717, 1.165) is 6.20 Å². The standard InChI is InChI=1S/C9H10F3NO3/c10-9(11,12)6-1-5(2-13-3-6)8(16)7(15)4-14/h1-3,7-8,14-16H,4H2. The van der Waals surface area contributed by atoms with Crippen LogP contribution < -0.4 is 0 Å². The molecule has 0 radical (unpaired) electrons. The van der Waals surface area contributed by atoms with Crippen molar-refractivity contribution >= 4 is 0 Å². The van der Waals surface area contributed by atoms with Gasteiger partial charge in [-0.2, -0.15) is 13.2 Å². The maximum absolute atomic E-state index is 12.3. The summed E-state index contributed by atoms with van der Waals surface area (Å²) in [4.78, 5) is 3.32. The minimum absolute atomic E-state index is 0.198. The normalized spacial score (nSPS) is 15.9. The summed E-state index contributed by atoms with van der Waals surface area (Å²) in [7, 11) is 0. The van der Waals surface area contributed by atoms with Crippen LogP contribution in [-0.4, -0.2) is 33.0 Å². The Kier molecular flexibility index (Phi) is 3.84. The summed E-state index contributed by atoms with van der Waals surface area (Å²) in [6.07, 6.45) is -6.09. The zero-order valence-corrected chi connectivity index (χ0v) is 8.02. The highest BCUT2D eigenvalue weighted by atomic mass is 19.4. The Morgan fingerprint density at radius 3 is 2.38 bits per heavy atom. The maximum atomic E-state index is 12.3. The number of halogens is 3. The number of hydrogen-bond donors (Lipinski definition) is 3. The third-order valence-corrected chi connectivity index (χ3v) is 1.98. The topological polar surface area (TPSA) is 73.6 Å². The molecule has 7 heteroatoms.